The van der Waals surface area contributed by atoms with Crippen LogP contribution in [-0.4, -0.2) is 37.0 Å². The van der Waals surface area contributed by atoms with Crippen molar-refractivity contribution in [2.24, 2.45) is 0 Å². The molecule has 2 N–H and O–H groups in total. The van der Waals surface area contributed by atoms with E-state index in [1.165, 1.54) is 18.2 Å². The van der Waals surface area contributed by atoms with Gasteiger partial charge in [-0.25, -0.2) is 4.79 Å². The summed E-state index contributed by atoms with van der Waals surface area (Å²) in [5.41, 5.74) is 0.583. The summed E-state index contributed by atoms with van der Waals surface area (Å²) in [4.78, 5) is 26.2. The Balaban J connectivity index is 1.69. The summed E-state index contributed by atoms with van der Waals surface area (Å²) in [6.07, 6.45) is -2.71. The summed E-state index contributed by atoms with van der Waals surface area (Å²) in [6, 6.07) is 12.1. The van der Waals surface area contributed by atoms with Crippen molar-refractivity contribution in [3.63, 3.8) is 0 Å². The van der Waals surface area contributed by atoms with Gasteiger partial charge in [-0.1, -0.05) is 30.3 Å². The van der Waals surface area contributed by atoms with Crippen molar-refractivity contribution >= 4 is 11.9 Å². The van der Waals surface area contributed by atoms with Gasteiger partial charge in [0, 0.05) is 38.2 Å². The van der Waals surface area contributed by atoms with Gasteiger partial charge in [-0.05, 0) is 42.2 Å². The van der Waals surface area contributed by atoms with E-state index < -0.39 is 17.6 Å². The van der Waals surface area contributed by atoms with Crippen molar-refractivity contribution in [3.8, 4) is 0 Å². The topological polar surface area (TPSA) is 61.4 Å². The Kier molecular flexibility index (Phi) is 6.64. The number of amides is 3. The van der Waals surface area contributed by atoms with Gasteiger partial charge in [-0.2, -0.15) is 13.2 Å². The number of halogens is 3. The number of benzene rings is 2. The fourth-order valence-corrected chi connectivity index (χ4v) is 3.75. The number of hydrogen-bond donors (Lipinski definition) is 2. The largest absolute Gasteiger partial charge is 0.416 e. The Morgan fingerprint density at radius 2 is 1.90 bits per heavy atom. The van der Waals surface area contributed by atoms with Crippen LogP contribution in [0.4, 0.5) is 18.0 Å². The van der Waals surface area contributed by atoms with Crippen LogP contribution in [0.3, 0.4) is 0 Å². The van der Waals surface area contributed by atoms with Crippen LogP contribution in [0.2, 0.25) is 0 Å². The molecule has 2 aromatic rings. The van der Waals surface area contributed by atoms with Gasteiger partial charge in [0.2, 0.25) is 0 Å². The molecular weight excluding hydrogens is 395 g/mol. The second kappa shape index (κ2) is 9.19. The normalized spacial score (nSPS) is 16.8. The molecule has 0 bridgehead atoms. The van der Waals surface area contributed by atoms with Crippen molar-refractivity contribution < 1.29 is 22.8 Å². The van der Waals surface area contributed by atoms with Gasteiger partial charge in [0.25, 0.3) is 5.91 Å². The summed E-state index contributed by atoms with van der Waals surface area (Å²) >= 11 is 0. The van der Waals surface area contributed by atoms with E-state index in [4.69, 9.17) is 0 Å². The molecule has 5 nitrogen and oxygen atoms in total. The highest BCUT2D eigenvalue weighted by molar-refractivity contribution is 5.94. The molecule has 30 heavy (non-hydrogen) atoms. The van der Waals surface area contributed by atoms with Gasteiger partial charge in [0.05, 0.1) is 5.56 Å². The van der Waals surface area contributed by atoms with Gasteiger partial charge in [-0.15, -0.1) is 0 Å². The van der Waals surface area contributed by atoms with Crippen LogP contribution in [0.1, 0.15) is 45.8 Å². The number of nitrogens with one attached hydrogen (secondary N) is 2. The minimum atomic E-state index is -4.47. The third kappa shape index (κ3) is 5.11. The zero-order valence-electron chi connectivity index (χ0n) is 16.6. The predicted molar refractivity (Wildman–Crippen MR) is 107 cm³/mol. The van der Waals surface area contributed by atoms with E-state index in [2.05, 4.69) is 10.6 Å². The number of alkyl halides is 3. The maximum Gasteiger partial charge on any atom is 0.416 e. The molecule has 1 fully saturated rings. The predicted octanol–water partition coefficient (Wildman–Crippen LogP) is 4.15. The molecule has 3 amide bonds. The molecule has 1 aliphatic heterocycles. The fourth-order valence-electron chi connectivity index (χ4n) is 3.75. The van der Waals surface area contributed by atoms with Crippen molar-refractivity contribution in [2.75, 3.05) is 20.1 Å². The molecule has 8 heteroatoms. The van der Waals surface area contributed by atoms with E-state index in [0.29, 0.717) is 18.7 Å². The maximum atomic E-state index is 13.1. The number of nitrogens with zero attached hydrogens (tertiary/aromatic N) is 1. The second-order valence-electron chi connectivity index (χ2n) is 7.30. The standard InChI is InChI=1S/C22H24F3N3O2/c1-26-21(30)28-11-5-9-18(14-28)15-7-4-8-16(12-15)20(29)27-13-17-6-2-3-10-19(17)22(23,24)25/h2-4,6-8,10,12,18H,5,9,11,13-14H2,1H3,(H,26,30)(H,27,29). The number of hydrogen-bond acceptors (Lipinski definition) is 2. The summed E-state index contributed by atoms with van der Waals surface area (Å²) < 4.78 is 39.4. The minimum Gasteiger partial charge on any atom is -0.348 e. The van der Waals surface area contributed by atoms with E-state index in [-0.39, 0.29) is 24.1 Å². The molecule has 1 saturated heterocycles. The smallest absolute Gasteiger partial charge is 0.348 e. The van der Waals surface area contributed by atoms with E-state index in [1.54, 1.807) is 30.1 Å². The zero-order valence-corrected chi connectivity index (χ0v) is 16.6. The van der Waals surface area contributed by atoms with Crippen molar-refractivity contribution in [1.82, 2.24) is 15.5 Å². The highest BCUT2D eigenvalue weighted by Crippen LogP contribution is 2.32. The average molecular weight is 419 g/mol. The van der Waals surface area contributed by atoms with Crippen LogP contribution in [0, 0.1) is 0 Å². The molecule has 1 heterocycles. The van der Waals surface area contributed by atoms with Crippen LogP contribution in [0.25, 0.3) is 0 Å². The Hall–Kier alpha value is -3.03. The molecule has 1 unspecified atom stereocenters. The minimum absolute atomic E-state index is 0.0167. The molecular formula is C22H24F3N3O2. The molecule has 1 aliphatic rings. The Bertz CT molecular complexity index is 914. The van der Waals surface area contributed by atoms with Crippen LogP contribution < -0.4 is 10.6 Å². The number of likely N-dealkylation sites (tertiary alicyclic amines) is 1. The first-order valence-corrected chi connectivity index (χ1v) is 9.79. The molecule has 0 radical (unpaired) electrons. The van der Waals surface area contributed by atoms with E-state index in [0.717, 1.165) is 24.5 Å². The quantitative estimate of drug-likeness (QED) is 0.782. The summed E-state index contributed by atoms with van der Waals surface area (Å²) in [5, 5.41) is 5.21. The fraction of sp³-hybridized carbons (Fsp3) is 0.364. The summed E-state index contributed by atoms with van der Waals surface area (Å²) in [6.45, 7) is 1.03. The SMILES string of the molecule is CNC(=O)N1CCCC(c2cccc(C(=O)NCc3ccccc3C(F)(F)F)c2)C1. The summed E-state index contributed by atoms with van der Waals surface area (Å²) in [7, 11) is 1.59. The van der Waals surface area contributed by atoms with Crippen molar-refractivity contribution in [1.29, 1.82) is 0 Å². The number of piperidine rings is 1. The number of rotatable bonds is 4. The van der Waals surface area contributed by atoms with Crippen LogP contribution in [-0.2, 0) is 12.7 Å². The molecule has 1 atom stereocenters. The first-order chi connectivity index (χ1) is 14.3. The lowest BCUT2D eigenvalue weighted by Gasteiger charge is -2.32. The van der Waals surface area contributed by atoms with E-state index in [1.807, 2.05) is 6.07 Å². The van der Waals surface area contributed by atoms with Crippen LogP contribution >= 0.6 is 0 Å². The monoisotopic (exact) mass is 419 g/mol. The van der Waals surface area contributed by atoms with Crippen LogP contribution in [0.15, 0.2) is 48.5 Å². The molecule has 160 valence electrons. The molecule has 0 aliphatic carbocycles. The van der Waals surface area contributed by atoms with Crippen LogP contribution in [0.5, 0.6) is 0 Å². The second-order valence-corrected chi connectivity index (χ2v) is 7.30. The van der Waals surface area contributed by atoms with E-state index in [9.17, 15) is 22.8 Å². The van der Waals surface area contributed by atoms with Gasteiger partial charge in [0.15, 0.2) is 0 Å². The van der Waals surface area contributed by atoms with Crippen molar-refractivity contribution in [2.45, 2.75) is 31.5 Å². The third-order valence-electron chi connectivity index (χ3n) is 5.30. The van der Waals surface area contributed by atoms with Crippen molar-refractivity contribution in [3.05, 3.63) is 70.8 Å². The van der Waals surface area contributed by atoms with Gasteiger partial charge in [0.1, 0.15) is 0 Å². The number of urea groups is 1. The molecule has 2 aromatic carbocycles. The first-order valence-electron chi connectivity index (χ1n) is 9.79. The Labute approximate surface area is 173 Å². The Morgan fingerprint density at radius 1 is 1.13 bits per heavy atom. The summed E-state index contributed by atoms with van der Waals surface area (Å²) in [5.74, 6) is -0.331. The van der Waals surface area contributed by atoms with E-state index >= 15 is 0 Å². The molecule has 0 aromatic heterocycles. The Morgan fingerprint density at radius 3 is 2.63 bits per heavy atom. The highest BCUT2D eigenvalue weighted by Gasteiger charge is 2.33. The highest BCUT2D eigenvalue weighted by atomic mass is 19.4. The maximum absolute atomic E-state index is 13.1. The van der Waals surface area contributed by atoms with Gasteiger partial charge >= 0.3 is 12.2 Å². The molecule has 0 spiro atoms. The molecule has 0 saturated carbocycles. The third-order valence-corrected chi connectivity index (χ3v) is 5.30. The average Bonchev–Trinajstić information content (AvgIpc) is 2.76. The lowest BCUT2D eigenvalue weighted by atomic mass is 9.89. The first kappa shape index (κ1) is 21.7. The number of carbonyl (C=O) groups is 2. The zero-order chi connectivity index (χ0) is 21.7. The van der Waals surface area contributed by atoms with Gasteiger partial charge < -0.3 is 15.5 Å². The lowest BCUT2D eigenvalue weighted by molar-refractivity contribution is -0.138. The van der Waals surface area contributed by atoms with Gasteiger partial charge in [-0.3, -0.25) is 4.79 Å². The lowest BCUT2D eigenvalue weighted by Crippen LogP contribution is -2.43. The number of carbonyl (C=O) groups excluding carboxylic acids is 2. The molecule has 3 rings (SSSR count).